The number of benzene rings is 1. The molecule has 4 heteroatoms. The fourth-order valence-electron chi connectivity index (χ4n) is 8.86. The molecular formula is C31H42O4. The van der Waals surface area contributed by atoms with Crippen molar-refractivity contribution in [1.82, 2.24) is 0 Å². The highest BCUT2D eigenvalue weighted by Crippen LogP contribution is 2.74. The number of esters is 1. The van der Waals surface area contributed by atoms with Gasteiger partial charge in [-0.25, -0.2) is 0 Å². The molecule has 0 aromatic heterocycles. The summed E-state index contributed by atoms with van der Waals surface area (Å²) >= 11 is 0. The highest BCUT2D eigenvalue weighted by atomic mass is 16.5. The first-order valence-electron chi connectivity index (χ1n) is 13.4. The Kier molecular flexibility index (Phi) is 5.17. The summed E-state index contributed by atoms with van der Waals surface area (Å²) in [5.41, 5.74) is 2.12. The second-order valence-electron chi connectivity index (χ2n) is 13.2. The zero-order valence-corrected chi connectivity index (χ0v) is 22.4. The average molecular weight is 479 g/mol. The smallest absolute Gasteiger partial charge is 0.311 e. The molecule has 1 aromatic carbocycles. The van der Waals surface area contributed by atoms with Crippen molar-refractivity contribution in [2.75, 3.05) is 6.61 Å². The van der Waals surface area contributed by atoms with Gasteiger partial charge in [-0.1, -0.05) is 52.0 Å². The zero-order valence-electron chi connectivity index (χ0n) is 22.4. The van der Waals surface area contributed by atoms with Gasteiger partial charge in [0.1, 0.15) is 0 Å². The number of phenols is 2. The van der Waals surface area contributed by atoms with Crippen LogP contribution in [0.5, 0.6) is 11.5 Å². The molecule has 0 amide bonds. The maximum absolute atomic E-state index is 13.1. The zero-order chi connectivity index (χ0) is 25.6. The van der Waals surface area contributed by atoms with E-state index >= 15 is 0 Å². The molecule has 35 heavy (non-hydrogen) atoms. The van der Waals surface area contributed by atoms with E-state index in [0.29, 0.717) is 17.7 Å². The molecule has 1 aromatic rings. The molecule has 4 aliphatic carbocycles. The molecule has 5 rings (SSSR count). The number of carbonyl (C=O) groups is 1. The molecule has 0 saturated heterocycles. The first kappa shape index (κ1) is 24.5. The number of hydrogen-bond donors (Lipinski definition) is 2. The van der Waals surface area contributed by atoms with Crippen LogP contribution in [0.2, 0.25) is 0 Å². The van der Waals surface area contributed by atoms with Gasteiger partial charge < -0.3 is 14.9 Å². The predicted molar refractivity (Wildman–Crippen MR) is 139 cm³/mol. The number of ether oxygens (including phenoxy) is 1. The highest BCUT2D eigenvalue weighted by Gasteiger charge is 2.67. The minimum Gasteiger partial charge on any atom is -0.504 e. The van der Waals surface area contributed by atoms with Crippen LogP contribution in [-0.4, -0.2) is 22.8 Å². The molecule has 6 atom stereocenters. The van der Waals surface area contributed by atoms with Crippen LogP contribution in [0.25, 0.3) is 12.7 Å². The Morgan fingerprint density at radius 1 is 1.03 bits per heavy atom. The fourth-order valence-corrected chi connectivity index (χ4v) is 8.86. The first-order valence-corrected chi connectivity index (χ1v) is 13.4. The van der Waals surface area contributed by atoms with Gasteiger partial charge in [0.2, 0.25) is 0 Å². The summed E-state index contributed by atoms with van der Waals surface area (Å²) < 4.78 is 5.56. The molecule has 0 radical (unpaired) electrons. The van der Waals surface area contributed by atoms with E-state index in [1.807, 2.05) is 6.92 Å². The van der Waals surface area contributed by atoms with Gasteiger partial charge in [-0.2, -0.15) is 0 Å². The van der Waals surface area contributed by atoms with Crippen LogP contribution in [-0.2, 0) is 14.9 Å². The lowest BCUT2D eigenvalue weighted by Gasteiger charge is -2.69. The molecular weight excluding hydrogens is 436 g/mol. The van der Waals surface area contributed by atoms with Gasteiger partial charge in [-0.3, -0.25) is 4.79 Å². The Morgan fingerprint density at radius 3 is 2.40 bits per heavy atom. The van der Waals surface area contributed by atoms with Crippen LogP contribution in [0.3, 0.4) is 0 Å². The van der Waals surface area contributed by atoms with Crippen LogP contribution in [0, 0.1) is 27.6 Å². The van der Waals surface area contributed by atoms with Gasteiger partial charge in [0.05, 0.1) is 12.0 Å². The van der Waals surface area contributed by atoms with Crippen molar-refractivity contribution in [3.63, 3.8) is 0 Å². The first-order chi connectivity index (χ1) is 16.3. The van der Waals surface area contributed by atoms with E-state index in [1.165, 1.54) is 5.57 Å². The highest BCUT2D eigenvalue weighted by molar-refractivity contribution is 5.76. The van der Waals surface area contributed by atoms with Crippen molar-refractivity contribution in [2.45, 2.75) is 91.9 Å². The van der Waals surface area contributed by atoms with Gasteiger partial charge in [0, 0.05) is 10.6 Å². The second-order valence-corrected chi connectivity index (χ2v) is 13.2. The van der Waals surface area contributed by atoms with Crippen LogP contribution in [0.15, 0.2) is 17.7 Å². The van der Waals surface area contributed by atoms with E-state index in [4.69, 9.17) is 4.74 Å². The van der Waals surface area contributed by atoms with E-state index in [9.17, 15) is 15.0 Å². The molecule has 0 aliphatic heterocycles. The quantitative estimate of drug-likeness (QED) is 0.437. The Balaban J connectivity index is 1.63. The maximum atomic E-state index is 13.1. The number of allylic oxidation sites excluding steroid dienone is 2. The Morgan fingerprint density at radius 2 is 1.71 bits per heavy atom. The summed E-state index contributed by atoms with van der Waals surface area (Å²) in [4.78, 5) is 13.1. The Labute approximate surface area is 209 Å². The van der Waals surface area contributed by atoms with Crippen molar-refractivity contribution < 1.29 is 19.7 Å². The topological polar surface area (TPSA) is 66.8 Å². The number of phenolic OH excluding ortho intramolecular Hbond substituents is 2. The molecule has 4 aliphatic rings. The van der Waals surface area contributed by atoms with Crippen molar-refractivity contribution in [3.05, 3.63) is 33.7 Å². The third-order valence-corrected chi connectivity index (χ3v) is 11.5. The number of fused-ring (bicyclic) bond motifs is 7. The predicted octanol–water partition coefficient (Wildman–Crippen LogP) is 5.46. The average Bonchev–Trinajstić information content (AvgIpc) is 2.81. The molecule has 3 saturated carbocycles. The lowest BCUT2D eigenvalue weighted by molar-refractivity contribution is -0.181. The van der Waals surface area contributed by atoms with E-state index in [-0.39, 0.29) is 39.1 Å². The fraction of sp³-hybridized carbons (Fsp3) is 0.645. The lowest BCUT2D eigenvalue weighted by Crippen LogP contribution is -2.63. The molecule has 3 fully saturated rings. The van der Waals surface area contributed by atoms with Gasteiger partial charge in [-0.05, 0) is 97.8 Å². The van der Waals surface area contributed by atoms with E-state index < -0.39 is 5.41 Å². The second kappa shape index (κ2) is 7.40. The summed E-state index contributed by atoms with van der Waals surface area (Å²) in [7, 11) is 0. The summed E-state index contributed by atoms with van der Waals surface area (Å²) in [6.45, 7) is 18.2. The van der Waals surface area contributed by atoms with Crippen molar-refractivity contribution in [1.29, 1.82) is 0 Å². The number of carbonyl (C=O) groups excluding carboxylic acids is 1. The summed E-state index contributed by atoms with van der Waals surface area (Å²) in [5.74, 6) is 0.189. The van der Waals surface area contributed by atoms with Gasteiger partial charge in [0.15, 0.2) is 11.5 Å². The van der Waals surface area contributed by atoms with E-state index in [1.54, 1.807) is 6.07 Å². The van der Waals surface area contributed by atoms with Crippen LogP contribution in [0.4, 0.5) is 0 Å². The standard InChI is InChI=1S/C31H42O4/c1-8-35-26(34)28(4)12-11-27(3)13-15-30(6)23-10-9-20-19(2)25(33)22(32)17-21(20)29(23,5)14-16-31(30,7)24(27)18-28/h9-10,17,24,32-33H,2,8,11-16,18H2,1,3-7H3. The normalized spacial score (nSPS) is 41.9. The molecule has 2 N–H and O–H groups in total. The van der Waals surface area contributed by atoms with Crippen molar-refractivity contribution in [3.8, 4) is 11.5 Å². The third kappa shape index (κ3) is 3.01. The van der Waals surface area contributed by atoms with Crippen molar-refractivity contribution in [2.24, 2.45) is 27.6 Å². The molecule has 0 spiro atoms. The molecule has 190 valence electrons. The molecule has 4 nitrogen and oxygen atoms in total. The van der Waals surface area contributed by atoms with Crippen LogP contribution < -0.4 is 10.4 Å². The van der Waals surface area contributed by atoms with Gasteiger partial charge in [-0.15, -0.1) is 0 Å². The summed E-state index contributed by atoms with van der Waals surface area (Å²) in [5, 5.41) is 22.2. The number of hydrogen-bond acceptors (Lipinski definition) is 4. The van der Waals surface area contributed by atoms with Gasteiger partial charge in [0.25, 0.3) is 0 Å². The Hall–Kier alpha value is -2.23. The largest absolute Gasteiger partial charge is 0.504 e. The minimum atomic E-state index is -0.423. The minimum absolute atomic E-state index is 0.0277. The molecule has 0 heterocycles. The summed E-state index contributed by atoms with van der Waals surface area (Å²) in [6.07, 6.45) is 11.6. The third-order valence-electron chi connectivity index (χ3n) is 11.5. The number of rotatable bonds is 2. The SMILES string of the molecule is C=c1c(O)c(O)cc2c1=CC=C1C2(C)CCC2(C)C3CC(C)(C(=O)OCC)CCC3(C)CCC12C. The maximum Gasteiger partial charge on any atom is 0.311 e. The van der Waals surface area contributed by atoms with Crippen molar-refractivity contribution >= 4 is 18.6 Å². The number of aromatic hydroxyl groups is 2. The molecule has 6 unspecified atom stereocenters. The van der Waals surface area contributed by atoms with E-state index in [2.05, 4.69) is 53.3 Å². The lowest BCUT2D eigenvalue weighted by atomic mass is 9.35. The van der Waals surface area contributed by atoms with Crippen LogP contribution in [0.1, 0.15) is 92.1 Å². The van der Waals surface area contributed by atoms with Gasteiger partial charge >= 0.3 is 5.97 Å². The van der Waals surface area contributed by atoms with E-state index in [0.717, 1.165) is 55.7 Å². The summed E-state index contributed by atoms with van der Waals surface area (Å²) in [6, 6.07) is 1.76. The monoisotopic (exact) mass is 478 g/mol. The Bertz CT molecular complexity index is 1250. The molecule has 0 bridgehead atoms. The van der Waals surface area contributed by atoms with Crippen LogP contribution >= 0.6 is 0 Å².